The quantitative estimate of drug-likeness (QED) is 0.802. The van der Waals surface area contributed by atoms with Crippen LogP contribution in [-0.4, -0.2) is 22.1 Å². The van der Waals surface area contributed by atoms with Gasteiger partial charge in [-0.3, -0.25) is 0 Å². The number of nitrogens with one attached hydrogen (secondary N) is 1. The zero-order valence-corrected chi connectivity index (χ0v) is 9.38. The summed E-state index contributed by atoms with van der Waals surface area (Å²) in [6.45, 7) is 2.84. The second-order valence-electron chi connectivity index (χ2n) is 3.96. The van der Waals surface area contributed by atoms with Crippen LogP contribution in [0.25, 0.3) is 0 Å². The summed E-state index contributed by atoms with van der Waals surface area (Å²) in [5.41, 5.74) is 0.824. The fourth-order valence-corrected chi connectivity index (χ4v) is 2.17. The van der Waals surface area contributed by atoms with Crippen molar-refractivity contribution in [2.75, 3.05) is 0 Å². The van der Waals surface area contributed by atoms with Crippen LogP contribution in [0.2, 0.25) is 0 Å². The number of hydrogen-bond donors (Lipinski definition) is 2. The minimum atomic E-state index is -0.943. The summed E-state index contributed by atoms with van der Waals surface area (Å²) in [7, 11) is 0. The summed E-state index contributed by atoms with van der Waals surface area (Å²) in [5, 5.41) is 14.0. The van der Waals surface area contributed by atoms with Gasteiger partial charge < -0.3 is 10.4 Å². The third kappa shape index (κ3) is 2.76. The average Bonchev–Trinajstić information content (AvgIpc) is 2.93. The smallest absolute Gasteiger partial charge is 0.365 e. The molecule has 1 aliphatic carbocycles. The molecule has 1 aromatic rings. The van der Waals surface area contributed by atoms with Crippen LogP contribution in [0.15, 0.2) is 5.38 Å². The monoisotopic (exact) mass is 226 g/mol. The Morgan fingerprint density at radius 1 is 1.80 bits per heavy atom. The lowest BCUT2D eigenvalue weighted by molar-refractivity contribution is 0.0696. The van der Waals surface area contributed by atoms with Gasteiger partial charge in [0.2, 0.25) is 5.01 Å². The number of nitrogens with zero attached hydrogens (tertiary/aromatic N) is 1. The first-order chi connectivity index (χ1) is 7.16. The second-order valence-corrected chi connectivity index (χ2v) is 4.81. The van der Waals surface area contributed by atoms with Gasteiger partial charge in [0.15, 0.2) is 0 Å². The summed E-state index contributed by atoms with van der Waals surface area (Å²) >= 11 is 1.18. The van der Waals surface area contributed by atoms with Crippen LogP contribution in [0.4, 0.5) is 0 Å². The van der Waals surface area contributed by atoms with Gasteiger partial charge in [-0.2, -0.15) is 0 Å². The van der Waals surface area contributed by atoms with Crippen LogP contribution >= 0.6 is 11.3 Å². The standard InChI is InChI=1S/C10H14N2O2S/c1-6(7-2-3-7)11-4-8-5-15-9(12-8)10(13)14/h5-7,11H,2-4H2,1H3,(H,13,14). The molecule has 4 nitrogen and oxygen atoms in total. The molecule has 0 saturated heterocycles. The third-order valence-corrected chi connectivity index (χ3v) is 3.55. The maximum absolute atomic E-state index is 10.6. The van der Waals surface area contributed by atoms with Crippen molar-refractivity contribution in [1.82, 2.24) is 10.3 Å². The van der Waals surface area contributed by atoms with Crippen molar-refractivity contribution in [3.05, 3.63) is 16.1 Å². The zero-order chi connectivity index (χ0) is 10.8. The summed E-state index contributed by atoms with van der Waals surface area (Å²) < 4.78 is 0. The van der Waals surface area contributed by atoms with E-state index < -0.39 is 5.97 Å². The van der Waals surface area contributed by atoms with Crippen molar-refractivity contribution in [3.63, 3.8) is 0 Å². The van der Waals surface area contributed by atoms with Gasteiger partial charge in [-0.25, -0.2) is 9.78 Å². The minimum Gasteiger partial charge on any atom is -0.476 e. The predicted octanol–water partition coefficient (Wildman–Crippen LogP) is 1.73. The molecule has 0 amide bonds. The Hall–Kier alpha value is -0.940. The summed E-state index contributed by atoms with van der Waals surface area (Å²) in [6, 6.07) is 0.514. The van der Waals surface area contributed by atoms with Crippen molar-refractivity contribution in [2.24, 2.45) is 5.92 Å². The summed E-state index contributed by atoms with van der Waals surface area (Å²) in [6.07, 6.45) is 2.62. The van der Waals surface area contributed by atoms with Gasteiger partial charge in [0.25, 0.3) is 0 Å². The molecule has 1 fully saturated rings. The van der Waals surface area contributed by atoms with Crippen LogP contribution in [0.1, 0.15) is 35.3 Å². The van der Waals surface area contributed by atoms with Gasteiger partial charge in [0.1, 0.15) is 0 Å². The van der Waals surface area contributed by atoms with E-state index in [-0.39, 0.29) is 5.01 Å². The Bertz CT molecular complexity index is 360. The van der Waals surface area contributed by atoms with Gasteiger partial charge in [-0.1, -0.05) is 0 Å². The predicted molar refractivity (Wildman–Crippen MR) is 58.1 cm³/mol. The molecule has 1 aliphatic rings. The van der Waals surface area contributed by atoms with Crippen molar-refractivity contribution < 1.29 is 9.90 Å². The molecule has 0 radical (unpaired) electrons. The second kappa shape index (κ2) is 4.28. The Kier molecular flexibility index (Phi) is 3.02. The van der Waals surface area contributed by atoms with Gasteiger partial charge in [-0.15, -0.1) is 11.3 Å². The molecule has 1 saturated carbocycles. The highest BCUT2D eigenvalue weighted by molar-refractivity contribution is 7.11. The largest absolute Gasteiger partial charge is 0.476 e. The van der Waals surface area contributed by atoms with Gasteiger partial charge in [-0.05, 0) is 25.7 Å². The van der Waals surface area contributed by atoms with E-state index in [1.54, 1.807) is 5.38 Å². The Balaban J connectivity index is 1.84. The lowest BCUT2D eigenvalue weighted by Crippen LogP contribution is -2.27. The van der Waals surface area contributed by atoms with Crippen molar-refractivity contribution in [3.8, 4) is 0 Å². The average molecular weight is 226 g/mol. The molecular formula is C10H14N2O2S. The first-order valence-electron chi connectivity index (χ1n) is 5.08. The zero-order valence-electron chi connectivity index (χ0n) is 8.56. The number of aromatic carboxylic acids is 1. The molecule has 0 bridgehead atoms. The Morgan fingerprint density at radius 3 is 3.07 bits per heavy atom. The summed E-state index contributed by atoms with van der Waals surface area (Å²) in [5.74, 6) is -0.135. The lowest BCUT2D eigenvalue weighted by Gasteiger charge is -2.10. The first-order valence-corrected chi connectivity index (χ1v) is 5.96. The number of aromatic nitrogens is 1. The molecule has 5 heteroatoms. The molecule has 0 aliphatic heterocycles. The van der Waals surface area contributed by atoms with Gasteiger partial charge in [0.05, 0.1) is 5.69 Å². The maximum atomic E-state index is 10.6. The number of hydrogen-bond acceptors (Lipinski definition) is 4. The van der Waals surface area contributed by atoms with E-state index in [2.05, 4.69) is 17.2 Å². The number of carboxylic acids is 1. The molecule has 15 heavy (non-hydrogen) atoms. The number of carbonyl (C=O) groups is 1. The number of thiazole rings is 1. The van der Waals surface area contributed by atoms with Gasteiger partial charge in [0, 0.05) is 18.0 Å². The molecule has 0 aromatic carbocycles. The van der Waals surface area contributed by atoms with Crippen molar-refractivity contribution in [1.29, 1.82) is 0 Å². The van der Waals surface area contributed by atoms with Crippen molar-refractivity contribution >= 4 is 17.3 Å². The van der Waals surface area contributed by atoms with Crippen LogP contribution in [0, 0.1) is 5.92 Å². The van der Waals surface area contributed by atoms with E-state index in [0.717, 1.165) is 11.6 Å². The van der Waals surface area contributed by atoms with Crippen LogP contribution in [0.5, 0.6) is 0 Å². The molecule has 1 heterocycles. The molecule has 1 aromatic heterocycles. The molecular weight excluding hydrogens is 212 g/mol. The van der Waals surface area contributed by atoms with Crippen LogP contribution in [-0.2, 0) is 6.54 Å². The van der Waals surface area contributed by atoms with Gasteiger partial charge >= 0.3 is 5.97 Å². The molecule has 2 N–H and O–H groups in total. The fourth-order valence-electron chi connectivity index (χ4n) is 1.51. The van der Waals surface area contributed by atoms with Crippen molar-refractivity contribution in [2.45, 2.75) is 32.4 Å². The topological polar surface area (TPSA) is 62.2 Å². The summed E-state index contributed by atoms with van der Waals surface area (Å²) in [4.78, 5) is 14.6. The number of rotatable bonds is 5. The highest BCUT2D eigenvalue weighted by atomic mass is 32.1. The van der Waals surface area contributed by atoms with E-state index in [9.17, 15) is 4.79 Å². The van der Waals surface area contributed by atoms with E-state index in [1.807, 2.05) is 0 Å². The lowest BCUT2D eigenvalue weighted by atomic mass is 10.2. The molecule has 1 atom stereocenters. The number of carboxylic acid groups (broad SMARTS) is 1. The van der Waals surface area contributed by atoms with E-state index >= 15 is 0 Å². The fraction of sp³-hybridized carbons (Fsp3) is 0.600. The van der Waals surface area contributed by atoms with Crippen LogP contribution in [0.3, 0.4) is 0 Å². The highest BCUT2D eigenvalue weighted by Crippen LogP contribution is 2.32. The Morgan fingerprint density at radius 2 is 2.53 bits per heavy atom. The maximum Gasteiger partial charge on any atom is 0.365 e. The van der Waals surface area contributed by atoms with E-state index in [4.69, 9.17) is 5.11 Å². The minimum absolute atomic E-state index is 0.172. The molecule has 0 spiro atoms. The first kappa shape index (κ1) is 10.6. The van der Waals surface area contributed by atoms with E-state index in [1.165, 1.54) is 24.2 Å². The molecule has 1 unspecified atom stereocenters. The SMILES string of the molecule is CC(NCc1csc(C(=O)O)n1)C1CC1. The van der Waals surface area contributed by atoms with Crippen LogP contribution < -0.4 is 5.32 Å². The third-order valence-electron chi connectivity index (χ3n) is 2.67. The Labute approximate surface area is 92.3 Å². The van der Waals surface area contributed by atoms with E-state index in [0.29, 0.717) is 12.6 Å². The molecule has 2 rings (SSSR count). The normalized spacial score (nSPS) is 17.7. The molecule has 82 valence electrons. The highest BCUT2D eigenvalue weighted by Gasteiger charge is 2.27.